The minimum absolute atomic E-state index is 0.0101. The van der Waals surface area contributed by atoms with Gasteiger partial charge in [0, 0.05) is 25.1 Å². The zero-order valence-electron chi connectivity index (χ0n) is 28.2. The number of benzene rings is 3. The van der Waals surface area contributed by atoms with E-state index in [2.05, 4.69) is 21.3 Å². The first-order chi connectivity index (χ1) is 24.2. The van der Waals surface area contributed by atoms with Gasteiger partial charge >= 0.3 is 18.2 Å². The predicted octanol–water partition coefficient (Wildman–Crippen LogP) is 7.71. The number of halogens is 4. The van der Waals surface area contributed by atoms with E-state index in [4.69, 9.17) is 14.9 Å². The molecule has 5 N–H and O–H groups in total. The highest BCUT2D eigenvalue weighted by atomic mass is 19.4. The zero-order chi connectivity index (χ0) is 37.1. The molecule has 3 aromatic carbocycles. The summed E-state index contributed by atoms with van der Waals surface area (Å²) in [6, 6.07) is 18.9. The van der Waals surface area contributed by atoms with Crippen molar-refractivity contribution in [1.82, 2.24) is 10.6 Å². The summed E-state index contributed by atoms with van der Waals surface area (Å²) in [7, 11) is 0. The molecule has 1 aliphatic rings. The maximum absolute atomic E-state index is 15.2. The van der Waals surface area contributed by atoms with Crippen LogP contribution in [0.15, 0.2) is 96.2 Å². The van der Waals surface area contributed by atoms with Gasteiger partial charge < -0.3 is 25.4 Å². The van der Waals surface area contributed by atoms with Gasteiger partial charge in [0.15, 0.2) is 0 Å². The van der Waals surface area contributed by atoms with Crippen molar-refractivity contribution in [2.75, 3.05) is 17.2 Å². The Labute approximate surface area is 292 Å². The van der Waals surface area contributed by atoms with Gasteiger partial charge in [0.1, 0.15) is 17.3 Å². The summed E-state index contributed by atoms with van der Waals surface area (Å²) in [4.78, 5) is 36.9. The van der Waals surface area contributed by atoms with E-state index in [1.54, 1.807) is 6.07 Å². The van der Waals surface area contributed by atoms with E-state index in [1.807, 2.05) is 30.3 Å². The number of nitrogens with one attached hydrogen (secondary N) is 5. The lowest BCUT2D eigenvalue weighted by Crippen LogP contribution is -2.34. The highest BCUT2D eigenvalue weighted by Gasteiger charge is 2.33. The van der Waals surface area contributed by atoms with Crippen molar-refractivity contribution in [2.45, 2.75) is 58.5 Å². The van der Waals surface area contributed by atoms with Crippen LogP contribution in [0.1, 0.15) is 62.8 Å². The molecule has 1 saturated carbocycles. The zero-order valence-corrected chi connectivity index (χ0v) is 28.2. The van der Waals surface area contributed by atoms with Crippen LogP contribution in [0, 0.1) is 17.1 Å². The molecule has 0 aliphatic heterocycles. The van der Waals surface area contributed by atoms with E-state index in [-0.39, 0.29) is 29.4 Å². The number of anilines is 2. The SMILES string of the molecule is CC/C=C(/C=C(\Nc1cccc(C(=N)NC(=O)OC(C)OC(C)=O)c1)C(=O)Nc1cc(C(NCC2CC2)c2ccccc2)ccc1F)C(F)(F)F. The fourth-order valence-electron chi connectivity index (χ4n) is 5.00. The number of amidine groups is 1. The Balaban J connectivity index is 1.61. The lowest BCUT2D eigenvalue weighted by molar-refractivity contribution is -0.161. The third-order valence-electron chi connectivity index (χ3n) is 7.57. The molecule has 1 aliphatic carbocycles. The van der Waals surface area contributed by atoms with Crippen molar-refractivity contribution in [1.29, 1.82) is 5.41 Å². The van der Waals surface area contributed by atoms with Gasteiger partial charge in [0.25, 0.3) is 5.91 Å². The fourth-order valence-corrected chi connectivity index (χ4v) is 5.00. The topological polar surface area (TPSA) is 142 Å². The second-order valence-corrected chi connectivity index (χ2v) is 11.8. The van der Waals surface area contributed by atoms with E-state index in [0.717, 1.165) is 37.9 Å². The van der Waals surface area contributed by atoms with Gasteiger partial charge in [-0.05, 0) is 73.2 Å². The predicted molar refractivity (Wildman–Crippen MR) is 184 cm³/mol. The van der Waals surface area contributed by atoms with Gasteiger partial charge in [-0.25, -0.2) is 9.18 Å². The summed E-state index contributed by atoms with van der Waals surface area (Å²) in [5.74, 6) is -2.47. The quantitative estimate of drug-likeness (QED) is 0.0220. The Bertz CT molecular complexity index is 1790. The second kappa shape index (κ2) is 17.4. The van der Waals surface area contributed by atoms with Crippen molar-refractivity contribution in [3.8, 4) is 0 Å². The van der Waals surface area contributed by atoms with E-state index in [0.29, 0.717) is 17.6 Å². The van der Waals surface area contributed by atoms with E-state index in [1.165, 1.54) is 50.2 Å². The molecular formula is C37H39F4N5O5. The average Bonchev–Trinajstić information content (AvgIpc) is 3.90. The molecule has 2 unspecified atom stereocenters. The van der Waals surface area contributed by atoms with Crippen LogP contribution < -0.4 is 21.3 Å². The van der Waals surface area contributed by atoms with E-state index in [9.17, 15) is 27.6 Å². The molecule has 10 nitrogen and oxygen atoms in total. The maximum Gasteiger partial charge on any atom is 0.416 e. The van der Waals surface area contributed by atoms with Gasteiger partial charge in [0.05, 0.1) is 17.3 Å². The largest absolute Gasteiger partial charge is 0.426 e. The molecule has 14 heteroatoms. The number of allylic oxidation sites excluding steroid dienone is 3. The maximum atomic E-state index is 15.2. The third kappa shape index (κ3) is 11.8. The highest BCUT2D eigenvalue weighted by molar-refractivity contribution is 6.07. The van der Waals surface area contributed by atoms with Crippen molar-refractivity contribution < 1.29 is 41.4 Å². The van der Waals surface area contributed by atoms with Gasteiger partial charge in [-0.1, -0.05) is 61.5 Å². The number of hydrogen-bond acceptors (Lipinski definition) is 8. The minimum atomic E-state index is -4.82. The standard InChI is InChI=1S/C37H39F4N5O5/c1-4-9-28(37(39,40)41)20-32(44-29-13-8-12-27(18-29)34(42)46-36(49)51-23(3)50-22(2)47)35(48)45-31-19-26(16-17-30(31)38)33(43-21-24-14-15-24)25-10-6-5-7-11-25/h5-13,16-20,23-24,33,43-44H,4,14-15,21H2,1-3H3,(H,45,48)(H2,42,46,49)/b28-9-,32-20-. The Morgan fingerprint density at radius 2 is 1.69 bits per heavy atom. The number of hydrogen-bond donors (Lipinski definition) is 5. The smallest absolute Gasteiger partial charge is 0.416 e. The van der Waals surface area contributed by atoms with Crippen LogP contribution in [-0.2, 0) is 19.1 Å². The van der Waals surface area contributed by atoms with Crippen molar-refractivity contribution in [3.05, 3.63) is 119 Å². The van der Waals surface area contributed by atoms with Crippen LogP contribution in [0.3, 0.4) is 0 Å². The summed E-state index contributed by atoms with van der Waals surface area (Å²) in [6.07, 6.45) is -3.40. The molecule has 0 saturated heterocycles. The lowest BCUT2D eigenvalue weighted by Gasteiger charge is -2.21. The normalized spacial score (nSPS) is 14.6. The Morgan fingerprint density at radius 1 is 0.961 bits per heavy atom. The molecule has 4 rings (SSSR count). The fraction of sp³-hybridized carbons (Fsp3) is 0.297. The Morgan fingerprint density at radius 3 is 2.33 bits per heavy atom. The van der Waals surface area contributed by atoms with Crippen LogP contribution in [0.2, 0.25) is 0 Å². The molecule has 0 aromatic heterocycles. The summed E-state index contributed by atoms with van der Waals surface area (Å²) in [5, 5.41) is 19.0. The summed E-state index contributed by atoms with van der Waals surface area (Å²) in [5.41, 5.74) is -0.220. The number of alkyl carbamates (subject to hydrolysis) is 1. The number of rotatable bonds is 14. The molecule has 3 aromatic rings. The first-order valence-electron chi connectivity index (χ1n) is 16.2. The Hall–Kier alpha value is -5.50. The monoisotopic (exact) mass is 709 g/mol. The van der Waals surface area contributed by atoms with Crippen molar-refractivity contribution >= 4 is 35.2 Å². The number of carbonyl (C=O) groups is 3. The number of carbonyl (C=O) groups excluding carboxylic acids is 3. The number of alkyl halides is 3. The molecule has 0 radical (unpaired) electrons. The third-order valence-corrected chi connectivity index (χ3v) is 7.57. The second-order valence-electron chi connectivity index (χ2n) is 11.8. The number of amides is 2. The van der Waals surface area contributed by atoms with Crippen LogP contribution in [-0.4, -0.2) is 42.8 Å². The van der Waals surface area contributed by atoms with E-state index >= 15 is 4.39 Å². The number of ether oxygens (including phenoxy) is 2. The van der Waals surface area contributed by atoms with Crippen LogP contribution >= 0.6 is 0 Å². The first-order valence-corrected chi connectivity index (χ1v) is 16.2. The molecule has 0 bridgehead atoms. The van der Waals surface area contributed by atoms with Gasteiger partial charge in [0.2, 0.25) is 6.29 Å². The van der Waals surface area contributed by atoms with Crippen LogP contribution in [0.25, 0.3) is 0 Å². The molecule has 2 amide bonds. The van der Waals surface area contributed by atoms with Crippen LogP contribution in [0.4, 0.5) is 33.7 Å². The van der Waals surface area contributed by atoms with Crippen LogP contribution in [0.5, 0.6) is 0 Å². The van der Waals surface area contributed by atoms with Gasteiger partial charge in [-0.3, -0.25) is 20.3 Å². The number of esters is 1. The van der Waals surface area contributed by atoms with Gasteiger partial charge in [-0.2, -0.15) is 13.2 Å². The van der Waals surface area contributed by atoms with Gasteiger partial charge in [-0.15, -0.1) is 0 Å². The lowest BCUT2D eigenvalue weighted by atomic mass is 9.97. The molecule has 2 atom stereocenters. The summed E-state index contributed by atoms with van der Waals surface area (Å²) in [6.45, 7) is 4.67. The first kappa shape index (κ1) is 38.3. The average molecular weight is 710 g/mol. The molecule has 270 valence electrons. The molecule has 0 heterocycles. The molecule has 51 heavy (non-hydrogen) atoms. The van der Waals surface area contributed by atoms with E-state index < -0.39 is 53.4 Å². The Kier molecular flexibility index (Phi) is 13.1. The summed E-state index contributed by atoms with van der Waals surface area (Å²) < 4.78 is 66.8. The summed E-state index contributed by atoms with van der Waals surface area (Å²) >= 11 is 0. The molecular weight excluding hydrogens is 670 g/mol. The molecule has 0 spiro atoms. The van der Waals surface area contributed by atoms with Crippen molar-refractivity contribution in [3.63, 3.8) is 0 Å². The molecule has 1 fully saturated rings. The highest BCUT2D eigenvalue weighted by Crippen LogP contribution is 2.32. The van der Waals surface area contributed by atoms with Crippen molar-refractivity contribution in [2.24, 2.45) is 5.92 Å². The minimum Gasteiger partial charge on any atom is -0.426 e.